The summed E-state index contributed by atoms with van der Waals surface area (Å²) in [6.45, 7) is 1.32. The molecule has 19 heavy (non-hydrogen) atoms. The number of methoxy groups -OCH3 is 1. The van der Waals surface area contributed by atoms with E-state index in [1.54, 1.807) is 0 Å². The van der Waals surface area contributed by atoms with E-state index in [2.05, 4.69) is 4.74 Å². The molecule has 1 aromatic carbocycles. The molecule has 1 amide bonds. The SMILES string of the molecule is COC(=O)C(c1ccc([N+](=O)[O-])cc1)N(C)C(C)=O. The summed E-state index contributed by atoms with van der Waals surface area (Å²) in [6.07, 6.45) is 0. The molecule has 0 spiro atoms. The van der Waals surface area contributed by atoms with Crippen LogP contribution in [0.15, 0.2) is 24.3 Å². The zero-order valence-corrected chi connectivity index (χ0v) is 10.8. The molecule has 102 valence electrons. The lowest BCUT2D eigenvalue weighted by Crippen LogP contribution is -2.35. The number of carbonyl (C=O) groups is 2. The Morgan fingerprint density at radius 1 is 1.32 bits per heavy atom. The highest BCUT2D eigenvalue weighted by Gasteiger charge is 2.28. The lowest BCUT2D eigenvalue weighted by atomic mass is 10.1. The first-order valence-corrected chi connectivity index (χ1v) is 5.44. The number of carbonyl (C=O) groups excluding carboxylic acids is 2. The van der Waals surface area contributed by atoms with E-state index in [1.165, 1.54) is 50.2 Å². The summed E-state index contributed by atoms with van der Waals surface area (Å²) >= 11 is 0. The molecular weight excluding hydrogens is 252 g/mol. The van der Waals surface area contributed by atoms with Gasteiger partial charge in [-0.15, -0.1) is 0 Å². The Labute approximate surface area is 109 Å². The monoisotopic (exact) mass is 266 g/mol. The van der Waals surface area contributed by atoms with Crippen molar-refractivity contribution >= 4 is 17.6 Å². The summed E-state index contributed by atoms with van der Waals surface area (Å²) in [6, 6.07) is 4.50. The third-order valence-electron chi connectivity index (χ3n) is 2.73. The number of non-ortho nitro benzene ring substituents is 1. The van der Waals surface area contributed by atoms with Crippen molar-refractivity contribution in [3.63, 3.8) is 0 Å². The first kappa shape index (κ1) is 14.6. The predicted molar refractivity (Wildman–Crippen MR) is 66.3 cm³/mol. The number of rotatable bonds is 4. The van der Waals surface area contributed by atoms with Crippen molar-refractivity contribution in [2.75, 3.05) is 14.2 Å². The molecule has 0 aliphatic rings. The van der Waals surface area contributed by atoms with Gasteiger partial charge in [-0.1, -0.05) is 0 Å². The topological polar surface area (TPSA) is 89.8 Å². The van der Waals surface area contributed by atoms with Crippen LogP contribution in [0.3, 0.4) is 0 Å². The highest BCUT2D eigenvalue weighted by Crippen LogP contribution is 2.23. The lowest BCUT2D eigenvalue weighted by molar-refractivity contribution is -0.384. The van der Waals surface area contributed by atoms with Gasteiger partial charge in [0.15, 0.2) is 6.04 Å². The number of ether oxygens (including phenoxy) is 1. The summed E-state index contributed by atoms with van der Waals surface area (Å²) in [5.74, 6) is -0.916. The quantitative estimate of drug-likeness (QED) is 0.465. The third-order valence-corrected chi connectivity index (χ3v) is 2.73. The van der Waals surface area contributed by atoms with Crippen LogP contribution < -0.4 is 0 Å². The third kappa shape index (κ3) is 3.27. The van der Waals surface area contributed by atoms with Crippen LogP contribution in [-0.4, -0.2) is 35.9 Å². The minimum atomic E-state index is -0.914. The molecule has 0 N–H and O–H groups in total. The van der Waals surface area contributed by atoms with E-state index in [9.17, 15) is 19.7 Å². The number of nitrogens with zero attached hydrogens (tertiary/aromatic N) is 2. The molecule has 1 unspecified atom stereocenters. The van der Waals surface area contributed by atoms with Gasteiger partial charge >= 0.3 is 5.97 Å². The van der Waals surface area contributed by atoms with Crippen molar-refractivity contribution in [2.45, 2.75) is 13.0 Å². The van der Waals surface area contributed by atoms with Crippen molar-refractivity contribution in [1.29, 1.82) is 0 Å². The molecule has 1 aromatic rings. The molecule has 0 fully saturated rings. The fourth-order valence-corrected chi connectivity index (χ4v) is 1.59. The van der Waals surface area contributed by atoms with Crippen LogP contribution in [0, 0.1) is 10.1 Å². The molecule has 1 atom stereocenters. The van der Waals surface area contributed by atoms with E-state index in [0.29, 0.717) is 5.56 Å². The molecule has 0 saturated heterocycles. The van der Waals surface area contributed by atoms with Gasteiger partial charge < -0.3 is 9.64 Å². The van der Waals surface area contributed by atoms with E-state index in [4.69, 9.17) is 0 Å². The summed E-state index contributed by atoms with van der Waals surface area (Å²) < 4.78 is 4.65. The zero-order chi connectivity index (χ0) is 14.6. The van der Waals surface area contributed by atoms with E-state index >= 15 is 0 Å². The number of esters is 1. The summed E-state index contributed by atoms with van der Waals surface area (Å²) in [7, 11) is 2.68. The average molecular weight is 266 g/mol. The Kier molecular flexibility index (Phi) is 4.57. The molecule has 0 heterocycles. The molecule has 0 aliphatic carbocycles. The van der Waals surface area contributed by atoms with E-state index in [1.807, 2.05) is 0 Å². The highest BCUT2D eigenvalue weighted by molar-refractivity contribution is 5.84. The van der Waals surface area contributed by atoms with Crippen LogP contribution in [0.5, 0.6) is 0 Å². The number of amides is 1. The summed E-state index contributed by atoms with van der Waals surface area (Å²) in [5.41, 5.74) is 0.369. The fraction of sp³-hybridized carbons (Fsp3) is 0.333. The van der Waals surface area contributed by atoms with Gasteiger partial charge in [0.1, 0.15) is 0 Å². The normalized spacial score (nSPS) is 11.5. The van der Waals surface area contributed by atoms with Gasteiger partial charge in [-0.2, -0.15) is 0 Å². The molecular formula is C12H14N2O5. The van der Waals surface area contributed by atoms with Crippen molar-refractivity contribution in [3.8, 4) is 0 Å². The van der Waals surface area contributed by atoms with Crippen LogP contribution >= 0.6 is 0 Å². The Balaban J connectivity index is 3.14. The van der Waals surface area contributed by atoms with E-state index < -0.39 is 16.9 Å². The van der Waals surface area contributed by atoms with Gasteiger partial charge in [-0.25, -0.2) is 4.79 Å². The molecule has 0 saturated carbocycles. The fourth-order valence-electron chi connectivity index (χ4n) is 1.59. The number of nitro groups is 1. The van der Waals surface area contributed by atoms with Crippen molar-refractivity contribution in [3.05, 3.63) is 39.9 Å². The molecule has 0 bridgehead atoms. The summed E-state index contributed by atoms with van der Waals surface area (Å²) in [5, 5.41) is 10.6. The first-order chi connectivity index (χ1) is 8.88. The number of hydrogen-bond acceptors (Lipinski definition) is 5. The van der Waals surface area contributed by atoms with Gasteiger partial charge in [-0.3, -0.25) is 14.9 Å². The van der Waals surface area contributed by atoms with Crippen molar-refractivity contribution in [2.24, 2.45) is 0 Å². The van der Waals surface area contributed by atoms with E-state index in [-0.39, 0.29) is 11.6 Å². The molecule has 1 rings (SSSR count). The second-order valence-corrected chi connectivity index (χ2v) is 3.90. The minimum Gasteiger partial charge on any atom is -0.467 e. The number of hydrogen-bond donors (Lipinski definition) is 0. The highest BCUT2D eigenvalue weighted by atomic mass is 16.6. The Morgan fingerprint density at radius 2 is 1.84 bits per heavy atom. The van der Waals surface area contributed by atoms with Crippen molar-refractivity contribution in [1.82, 2.24) is 4.90 Å². The minimum absolute atomic E-state index is 0.0853. The second-order valence-electron chi connectivity index (χ2n) is 3.90. The van der Waals surface area contributed by atoms with Crippen LogP contribution in [0.1, 0.15) is 18.5 Å². The van der Waals surface area contributed by atoms with Crippen LogP contribution in [0.25, 0.3) is 0 Å². The standard InChI is InChI=1S/C12H14N2O5/c1-8(15)13(2)11(12(16)19-3)9-4-6-10(7-5-9)14(17)18/h4-7,11H,1-3H3. The van der Waals surface area contributed by atoms with Gasteiger partial charge in [0.25, 0.3) is 5.69 Å². The van der Waals surface area contributed by atoms with E-state index in [0.717, 1.165) is 0 Å². The van der Waals surface area contributed by atoms with Crippen LogP contribution in [-0.2, 0) is 14.3 Å². The maximum Gasteiger partial charge on any atom is 0.333 e. The second kappa shape index (κ2) is 5.94. The van der Waals surface area contributed by atoms with Crippen LogP contribution in [0.2, 0.25) is 0 Å². The zero-order valence-electron chi connectivity index (χ0n) is 10.8. The molecule has 7 nitrogen and oxygen atoms in total. The smallest absolute Gasteiger partial charge is 0.333 e. The van der Waals surface area contributed by atoms with Crippen LogP contribution in [0.4, 0.5) is 5.69 Å². The lowest BCUT2D eigenvalue weighted by Gasteiger charge is -2.25. The maximum absolute atomic E-state index is 11.7. The summed E-state index contributed by atoms with van der Waals surface area (Å²) in [4.78, 5) is 34.3. The number of benzene rings is 1. The average Bonchev–Trinajstić information content (AvgIpc) is 2.39. The molecule has 0 aromatic heterocycles. The number of nitro benzene ring substituents is 1. The molecule has 0 radical (unpaired) electrons. The van der Waals surface area contributed by atoms with Gasteiger partial charge in [0.05, 0.1) is 12.0 Å². The maximum atomic E-state index is 11.7. The molecule has 0 aliphatic heterocycles. The molecule has 7 heteroatoms. The van der Waals surface area contributed by atoms with Crippen molar-refractivity contribution < 1.29 is 19.2 Å². The largest absolute Gasteiger partial charge is 0.467 e. The first-order valence-electron chi connectivity index (χ1n) is 5.44. The predicted octanol–water partition coefficient (Wildman–Crippen LogP) is 1.29. The van der Waals surface area contributed by atoms with Gasteiger partial charge in [-0.05, 0) is 17.7 Å². The van der Waals surface area contributed by atoms with Gasteiger partial charge in [0.2, 0.25) is 5.91 Å². The Morgan fingerprint density at radius 3 is 2.21 bits per heavy atom. The Bertz CT molecular complexity index is 497. The van der Waals surface area contributed by atoms with Gasteiger partial charge in [0, 0.05) is 26.1 Å². The number of likely N-dealkylation sites (N-methyl/N-ethyl adjacent to an activating group) is 1. The Hall–Kier alpha value is -2.44.